The predicted octanol–water partition coefficient (Wildman–Crippen LogP) is 1.02. The number of rotatable bonds is 4. The summed E-state index contributed by atoms with van der Waals surface area (Å²) >= 11 is 0. The Hall–Kier alpha value is -0.260. The summed E-state index contributed by atoms with van der Waals surface area (Å²) in [5.74, 6) is 0. The fourth-order valence-electron chi connectivity index (χ4n) is 0.352. The molecule has 0 heterocycles. The van der Waals surface area contributed by atoms with Gasteiger partial charge in [0.1, 0.15) is 0 Å². The van der Waals surface area contributed by atoms with Crippen molar-refractivity contribution in [3.63, 3.8) is 0 Å². The van der Waals surface area contributed by atoms with Gasteiger partial charge in [0.05, 0.1) is 0 Å². The van der Waals surface area contributed by atoms with Gasteiger partial charge in [0.15, 0.2) is 6.29 Å². The van der Waals surface area contributed by atoms with E-state index in [1.54, 1.807) is 0 Å². The van der Waals surface area contributed by atoms with Gasteiger partial charge in [-0.2, -0.15) is 0 Å². The molecule has 0 rings (SSSR count). The first-order chi connectivity index (χ1) is 4.57. The summed E-state index contributed by atoms with van der Waals surface area (Å²) < 4.78 is 31.9. The summed E-state index contributed by atoms with van der Waals surface area (Å²) in [5, 5.41) is 10.1. The average molecular weight is 155 g/mol. The van der Waals surface area contributed by atoms with Crippen LogP contribution in [0, 0.1) is 0 Å². The lowest BCUT2D eigenvalue weighted by Crippen LogP contribution is -2.25. The minimum atomic E-state index is -2.29. The second-order valence-corrected chi connectivity index (χ2v) is 1.64. The molecule has 0 aliphatic heterocycles. The highest BCUT2D eigenvalue weighted by Gasteiger charge is 2.22. The van der Waals surface area contributed by atoms with Crippen LogP contribution in [0.4, 0.5) is 8.78 Å². The molecule has 3 unspecified atom stereocenters. The van der Waals surface area contributed by atoms with Crippen molar-refractivity contribution in [3.8, 4) is 0 Å². The van der Waals surface area contributed by atoms with E-state index in [0.717, 1.165) is 14.0 Å². The molecule has 0 amide bonds. The van der Waals surface area contributed by atoms with Gasteiger partial charge < -0.3 is 9.47 Å². The maximum Gasteiger partial charge on any atom is 0.257 e. The number of hydrogen-bond donors (Lipinski definition) is 0. The van der Waals surface area contributed by atoms with Crippen molar-refractivity contribution in [1.29, 1.82) is 0 Å². The number of hydrogen-bond acceptors (Lipinski definition) is 2. The summed E-state index contributed by atoms with van der Waals surface area (Å²) in [7, 11) is 0.982. The molecule has 0 fully saturated rings. The Balaban J connectivity index is 3.50. The molecule has 10 heavy (non-hydrogen) atoms. The van der Waals surface area contributed by atoms with Gasteiger partial charge in [0.2, 0.25) is 0 Å². The molecule has 3 atom stereocenters. The van der Waals surface area contributed by atoms with Crippen LogP contribution in [0.2, 0.25) is 0 Å². The number of alkyl halides is 2. The molecule has 3 nitrogen and oxygen atoms in total. The molecule has 0 aliphatic carbocycles. The SMILES string of the molecule is COC(F)C(F)OC(C)[O]. The molecule has 0 N–H and O–H groups in total. The second-order valence-electron chi connectivity index (χ2n) is 1.64. The monoisotopic (exact) mass is 155 g/mol. The lowest BCUT2D eigenvalue weighted by atomic mass is 10.6. The molecule has 0 aliphatic rings. The number of ether oxygens (including phenoxy) is 2. The van der Waals surface area contributed by atoms with E-state index < -0.39 is 19.0 Å². The topological polar surface area (TPSA) is 38.4 Å². The molecule has 61 valence electrons. The van der Waals surface area contributed by atoms with E-state index in [4.69, 9.17) is 0 Å². The van der Waals surface area contributed by atoms with Crippen LogP contribution < -0.4 is 0 Å². The van der Waals surface area contributed by atoms with Crippen molar-refractivity contribution in [2.75, 3.05) is 7.11 Å². The van der Waals surface area contributed by atoms with Gasteiger partial charge in [-0.3, -0.25) is 0 Å². The van der Waals surface area contributed by atoms with Crippen molar-refractivity contribution in [2.45, 2.75) is 25.9 Å². The Bertz CT molecular complexity index is 89.0. The van der Waals surface area contributed by atoms with Crippen LogP contribution in [0.3, 0.4) is 0 Å². The summed E-state index contributed by atoms with van der Waals surface area (Å²) in [6, 6.07) is 0. The van der Waals surface area contributed by atoms with Crippen molar-refractivity contribution in [2.24, 2.45) is 0 Å². The van der Waals surface area contributed by atoms with E-state index in [2.05, 4.69) is 9.47 Å². The Morgan fingerprint density at radius 2 is 1.80 bits per heavy atom. The molecular formula is C5H9F2O3. The summed E-state index contributed by atoms with van der Waals surface area (Å²) in [6.07, 6.45) is -6.06. The first kappa shape index (κ1) is 9.74. The third-order valence-electron chi connectivity index (χ3n) is 0.753. The van der Waals surface area contributed by atoms with Gasteiger partial charge in [-0.25, -0.2) is 13.9 Å². The summed E-state index contributed by atoms with van der Waals surface area (Å²) in [5.41, 5.74) is 0. The molecule has 1 radical (unpaired) electrons. The van der Waals surface area contributed by atoms with Crippen LogP contribution in [0.5, 0.6) is 0 Å². The molecule has 5 heteroatoms. The Kier molecular flexibility index (Phi) is 4.42. The first-order valence-electron chi connectivity index (χ1n) is 2.70. The molecule has 0 aromatic carbocycles. The Labute approximate surface area is 57.6 Å². The van der Waals surface area contributed by atoms with Crippen molar-refractivity contribution in [1.82, 2.24) is 0 Å². The van der Waals surface area contributed by atoms with E-state index in [0.29, 0.717) is 0 Å². The Morgan fingerprint density at radius 3 is 2.10 bits per heavy atom. The van der Waals surface area contributed by atoms with Gasteiger partial charge in [-0.15, -0.1) is 0 Å². The lowest BCUT2D eigenvalue weighted by molar-refractivity contribution is -0.250. The third-order valence-corrected chi connectivity index (χ3v) is 0.753. The quantitative estimate of drug-likeness (QED) is 0.568. The molecule has 0 saturated carbocycles. The minimum absolute atomic E-state index is 0.982. The van der Waals surface area contributed by atoms with Crippen LogP contribution >= 0.6 is 0 Å². The minimum Gasteiger partial charge on any atom is -0.347 e. The van der Waals surface area contributed by atoms with Crippen LogP contribution in [0.25, 0.3) is 0 Å². The zero-order valence-electron chi connectivity index (χ0n) is 5.71. The zero-order valence-corrected chi connectivity index (χ0v) is 5.71. The highest BCUT2D eigenvalue weighted by atomic mass is 19.2. The zero-order chi connectivity index (χ0) is 8.15. The van der Waals surface area contributed by atoms with E-state index in [1.807, 2.05) is 0 Å². The van der Waals surface area contributed by atoms with Crippen molar-refractivity contribution < 1.29 is 23.4 Å². The highest BCUT2D eigenvalue weighted by Crippen LogP contribution is 2.07. The van der Waals surface area contributed by atoms with Gasteiger partial charge in [0.25, 0.3) is 12.7 Å². The largest absolute Gasteiger partial charge is 0.347 e. The van der Waals surface area contributed by atoms with Crippen LogP contribution in [-0.2, 0) is 14.6 Å². The predicted molar refractivity (Wildman–Crippen MR) is 28.0 cm³/mol. The van der Waals surface area contributed by atoms with Crippen LogP contribution in [0.15, 0.2) is 0 Å². The van der Waals surface area contributed by atoms with Gasteiger partial charge in [-0.1, -0.05) is 0 Å². The Morgan fingerprint density at radius 1 is 1.30 bits per heavy atom. The standard InChI is InChI=1S/C5H9F2O3/c1-3(8)10-5(7)4(6)9-2/h3-5H,1-2H3. The molecule has 0 spiro atoms. The van der Waals surface area contributed by atoms with Gasteiger partial charge in [-0.05, 0) is 6.92 Å². The van der Waals surface area contributed by atoms with E-state index >= 15 is 0 Å². The fraction of sp³-hybridized carbons (Fsp3) is 1.00. The van der Waals surface area contributed by atoms with Gasteiger partial charge in [0, 0.05) is 7.11 Å². The maximum atomic E-state index is 12.1. The van der Waals surface area contributed by atoms with Crippen molar-refractivity contribution >= 4 is 0 Å². The summed E-state index contributed by atoms with van der Waals surface area (Å²) in [6.45, 7) is 1.06. The molecule has 0 saturated heterocycles. The maximum absolute atomic E-state index is 12.1. The number of halogens is 2. The fourth-order valence-corrected chi connectivity index (χ4v) is 0.352. The third kappa shape index (κ3) is 3.71. The molecular weight excluding hydrogens is 146 g/mol. The highest BCUT2D eigenvalue weighted by molar-refractivity contribution is 4.44. The van der Waals surface area contributed by atoms with Crippen molar-refractivity contribution in [3.05, 3.63) is 0 Å². The molecule has 0 aromatic heterocycles. The van der Waals surface area contributed by atoms with Crippen LogP contribution in [-0.4, -0.2) is 26.1 Å². The second kappa shape index (κ2) is 4.54. The normalized spacial score (nSPS) is 20.1. The lowest BCUT2D eigenvalue weighted by Gasteiger charge is -2.12. The van der Waals surface area contributed by atoms with E-state index in [9.17, 15) is 13.9 Å². The number of methoxy groups -OCH3 is 1. The summed E-state index contributed by atoms with van der Waals surface area (Å²) in [4.78, 5) is 0. The van der Waals surface area contributed by atoms with E-state index in [-0.39, 0.29) is 0 Å². The molecule has 0 bridgehead atoms. The van der Waals surface area contributed by atoms with E-state index in [1.165, 1.54) is 0 Å². The first-order valence-corrected chi connectivity index (χ1v) is 2.70. The smallest absolute Gasteiger partial charge is 0.257 e. The van der Waals surface area contributed by atoms with Gasteiger partial charge >= 0.3 is 0 Å². The molecule has 0 aromatic rings. The average Bonchev–Trinajstić information content (AvgIpc) is 1.85. The van der Waals surface area contributed by atoms with Crippen LogP contribution in [0.1, 0.15) is 6.92 Å².